The smallest absolute Gasteiger partial charge is 0.234 e. The fourth-order valence-corrected chi connectivity index (χ4v) is 3.55. The van der Waals surface area contributed by atoms with Gasteiger partial charge in [0.15, 0.2) is 5.78 Å². The predicted octanol–water partition coefficient (Wildman–Crippen LogP) is 5.31. The quantitative estimate of drug-likeness (QED) is 0.490. The minimum atomic E-state index is -0.158. The molecular formula is C24H23NO3S. The van der Waals surface area contributed by atoms with E-state index in [1.165, 1.54) is 11.8 Å². The van der Waals surface area contributed by atoms with E-state index in [1.807, 2.05) is 79.7 Å². The number of nitrogens with one attached hydrogen (secondary N) is 1. The van der Waals surface area contributed by atoms with E-state index in [0.717, 1.165) is 11.1 Å². The highest BCUT2D eigenvalue weighted by Gasteiger charge is 2.10. The summed E-state index contributed by atoms with van der Waals surface area (Å²) in [6, 6.07) is 24.9. The number of hydrogen-bond acceptors (Lipinski definition) is 4. The van der Waals surface area contributed by atoms with Gasteiger partial charge in [-0.05, 0) is 30.2 Å². The topological polar surface area (TPSA) is 55.4 Å². The van der Waals surface area contributed by atoms with Gasteiger partial charge in [0.2, 0.25) is 5.91 Å². The van der Waals surface area contributed by atoms with Gasteiger partial charge in [-0.15, -0.1) is 11.8 Å². The number of ketones is 1. The molecule has 148 valence electrons. The Hall–Kier alpha value is -3.05. The molecule has 0 spiro atoms. The number of hydrogen-bond donors (Lipinski definition) is 1. The summed E-state index contributed by atoms with van der Waals surface area (Å²) in [7, 11) is 0. The lowest BCUT2D eigenvalue weighted by Crippen LogP contribution is -2.16. The Bertz CT molecular complexity index is 955. The first-order valence-corrected chi connectivity index (χ1v) is 10.6. The van der Waals surface area contributed by atoms with Crippen molar-refractivity contribution in [1.82, 2.24) is 0 Å². The second-order valence-electron chi connectivity index (χ2n) is 6.34. The van der Waals surface area contributed by atoms with Crippen molar-refractivity contribution in [2.75, 3.05) is 23.4 Å². The number of amides is 1. The third-order valence-electron chi connectivity index (χ3n) is 4.24. The molecule has 29 heavy (non-hydrogen) atoms. The Balaban J connectivity index is 1.49. The van der Waals surface area contributed by atoms with Crippen LogP contribution in [0, 0.1) is 0 Å². The van der Waals surface area contributed by atoms with E-state index in [1.54, 1.807) is 6.07 Å². The van der Waals surface area contributed by atoms with Crippen molar-refractivity contribution in [2.24, 2.45) is 0 Å². The van der Waals surface area contributed by atoms with E-state index in [2.05, 4.69) is 5.32 Å². The first-order chi connectivity index (χ1) is 14.2. The standard InChI is InChI=1S/C24H23NO3S/c1-2-28-23-11-7-6-10-21(23)25-24(27)17-29-16-22(26)20-14-12-19(13-15-20)18-8-4-3-5-9-18/h3-15H,2,16-17H2,1H3,(H,25,27). The van der Waals surface area contributed by atoms with Crippen molar-refractivity contribution in [3.8, 4) is 16.9 Å². The molecule has 0 aromatic heterocycles. The molecule has 0 aliphatic heterocycles. The molecule has 0 heterocycles. The molecule has 0 aliphatic carbocycles. The predicted molar refractivity (Wildman–Crippen MR) is 120 cm³/mol. The second kappa shape index (κ2) is 10.5. The molecule has 3 aromatic carbocycles. The van der Waals surface area contributed by atoms with Gasteiger partial charge >= 0.3 is 0 Å². The normalized spacial score (nSPS) is 10.4. The first kappa shape index (κ1) is 20.7. The van der Waals surface area contributed by atoms with E-state index < -0.39 is 0 Å². The van der Waals surface area contributed by atoms with E-state index in [0.29, 0.717) is 23.6 Å². The van der Waals surface area contributed by atoms with Crippen LogP contribution in [0.3, 0.4) is 0 Å². The maximum atomic E-state index is 12.4. The molecule has 0 atom stereocenters. The summed E-state index contributed by atoms with van der Waals surface area (Å²) in [4.78, 5) is 24.6. The molecule has 5 heteroatoms. The average Bonchev–Trinajstić information content (AvgIpc) is 2.76. The Morgan fingerprint density at radius 1 is 0.828 bits per heavy atom. The lowest BCUT2D eigenvalue weighted by Gasteiger charge is -2.11. The molecule has 0 aliphatic rings. The molecule has 0 saturated carbocycles. The highest BCUT2D eigenvalue weighted by molar-refractivity contribution is 8.00. The van der Waals surface area contributed by atoms with E-state index >= 15 is 0 Å². The SMILES string of the molecule is CCOc1ccccc1NC(=O)CSCC(=O)c1ccc(-c2ccccc2)cc1. The van der Waals surface area contributed by atoms with E-state index in [-0.39, 0.29) is 23.2 Å². The van der Waals surface area contributed by atoms with Crippen LogP contribution in [0.4, 0.5) is 5.69 Å². The molecule has 0 radical (unpaired) electrons. The minimum absolute atomic E-state index is 0.0112. The van der Waals surface area contributed by atoms with Crippen molar-refractivity contribution < 1.29 is 14.3 Å². The van der Waals surface area contributed by atoms with Crippen LogP contribution in [0.25, 0.3) is 11.1 Å². The maximum absolute atomic E-state index is 12.4. The third-order valence-corrected chi connectivity index (χ3v) is 5.17. The lowest BCUT2D eigenvalue weighted by molar-refractivity contribution is -0.113. The van der Waals surface area contributed by atoms with Gasteiger partial charge in [0.1, 0.15) is 5.75 Å². The van der Waals surface area contributed by atoms with Gasteiger partial charge in [0.25, 0.3) is 0 Å². The highest BCUT2D eigenvalue weighted by Crippen LogP contribution is 2.24. The minimum Gasteiger partial charge on any atom is -0.492 e. The summed E-state index contributed by atoms with van der Waals surface area (Å²) in [6.45, 7) is 2.42. The Kier molecular flexibility index (Phi) is 7.47. The van der Waals surface area contributed by atoms with Gasteiger partial charge in [-0.25, -0.2) is 0 Å². The molecule has 1 N–H and O–H groups in total. The number of para-hydroxylation sites is 2. The zero-order valence-corrected chi connectivity index (χ0v) is 17.1. The lowest BCUT2D eigenvalue weighted by atomic mass is 10.0. The van der Waals surface area contributed by atoms with Crippen molar-refractivity contribution >= 4 is 29.1 Å². The number of thioether (sulfide) groups is 1. The number of rotatable bonds is 9. The second-order valence-corrected chi connectivity index (χ2v) is 7.32. The summed E-state index contributed by atoms with van der Waals surface area (Å²) in [6.07, 6.45) is 0. The van der Waals surface area contributed by atoms with Gasteiger partial charge < -0.3 is 10.1 Å². The van der Waals surface area contributed by atoms with Crippen LogP contribution < -0.4 is 10.1 Å². The molecular weight excluding hydrogens is 382 g/mol. The summed E-state index contributed by atoms with van der Waals surface area (Å²) < 4.78 is 5.50. The number of carbonyl (C=O) groups is 2. The van der Waals surface area contributed by atoms with Crippen molar-refractivity contribution in [3.05, 3.63) is 84.4 Å². The largest absolute Gasteiger partial charge is 0.492 e. The number of Topliss-reactive ketones (excluding diaryl/α,β-unsaturated/α-hetero) is 1. The number of carbonyl (C=O) groups excluding carboxylic acids is 2. The van der Waals surface area contributed by atoms with Crippen LogP contribution in [-0.2, 0) is 4.79 Å². The van der Waals surface area contributed by atoms with Gasteiger partial charge in [0, 0.05) is 5.56 Å². The summed E-state index contributed by atoms with van der Waals surface area (Å²) >= 11 is 1.30. The van der Waals surface area contributed by atoms with Gasteiger partial charge in [-0.3, -0.25) is 9.59 Å². The molecule has 3 rings (SSSR count). The molecule has 0 saturated heterocycles. The number of benzene rings is 3. The summed E-state index contributed by atoms with van der Waals surface area (Å²) in [5, 5.41) is 2.84. The first-order valence-electron chi connectivity index (χ1n) is 9.45. The van der Waals surface area contributed by atoms with Crippen LogP contribution >= 0.6 is 11.8 Å². The van der Waals surface area contributed by atoms with Gasteiger partial charge in [0.05, 0.1) is 23.8 Å². The van der Waals surface area contributed by atoms with Gasteiger partial charge in [-0.1, -0.05) is 66.7 Å². The highest BCUT2D eigenvalue weighted by atomic mass is 32.2. The van der Waals surface area contributed by atoms with Crippen LogP contribution in [0.2, 0.25) is 0 Å². The Morgan fingerprint density at radius 2 is 1.48 bits per heavy atom. The van der Waals surface area contributed by atoms with Crippen LogP contribution in [0.1, 0.15) is 17.3 Å². The molecule has 0 bridgehead atoms. The molecule has 0 unspecified atom stereocenters. The van der Waals surface area contributed by atoms with Crippen LogP contribution in [0.5, 0.6) is 5.75 Å². The van der Waals surface area contributed by atoms with Crippen molar-refractivity contribution in [2.45, 2.75) is 6.92 Å². The van der Waals surface area contributed by atoms with Gasteiger partial charge in [-0.2, -0.15) is 0 Å². The van der Waals surface area contributed by atoms with Crippen molar-refractivity contribution in [1.29, 1.82) is 0 Å². The van der Waals surface area contributed by atoms with E-state index in [9.17, 15) is 9.59 Å². The maximum Gasteiger partial charge on any atom is 0.234 e. The van der Waals surface area contributed by atoms with Crippen molar-refractivity contribution in [3.63, 3.8) is 0 Å². The summed E-state index contributed by atoms with van der Waals surface area (Å²) in [5.41, 5.74) is 3.48. The molecule has 0 fully saturated rings. The van der Waals surface area contributed by atoms with E-state index in [4.69, 9.17) is 4.74 Å². The Labute approximate surface area is 175 Å². The van der Waals surface area contributed by atoms with Crippen LogP contribution in [-0.4, -0.2) is 29.8 Å². The third kappa shape index (κ3) is 5.96. The fourth-order valence-electron chi connectivity index (χ4n) is 2.84. The zero-order valence-electron chi connectivity index (χ0n) is 16.3. The Morgan fingerprint density at radius 3 is 2.21 bits per heavy atom. The molecule has 3 aromatic rings. The fraction of sp³-hybridized carbons (Fsp3) is 0.167. The zero-order chi connectivity index (χ0) is 20.5. The monoisotopic (exact) mass is 405 g/mol. The molecule has 4 nitrogen and oxygen atoms in total. The number of ether oxygens (including phenoxy) is 1. The molecule has 1 amide bonds. The number of anilines is 1. The summed E-state index contributed by atoms with van der Waals surface area (Å²) in [5.74, 6) is 0.953. The van der Waals surface area contributed by atoms with Crippen LogP contribution in [0.15, 0.2) is 78.9 Å². The average molecular weight is 406 g/mol.